The van der Waals surface area contributed by atoms with Crippen molar-refractivity contribution in [1.82, 2.24) is 19.9 Å². The average Bonchev–Trinajstić information content (AvgIpc) is 2.96. The van der Waals surface area contributed by atoms with Gasteiger partial charge in [-0.3, -0.25) is 0 Å². The number of nitrogens with zero attached hydrogens (tertiary/aromatic N) is 4. The zero-order valence-corrected chi connectivity index (χ0v) is 12.9. The van der Waals surface area contributed by atoms with Gasteiger partial charge < -0.3 is 9.64 Å². The molecule has 0 amide bonds. The monoisotopic (exact) mass is 296 g/mol. The highest BCUT2D eigenvalue weighted by molar-refractivity contribution is 5.73. The van der Waals surface area contributed by atoms with Crippen LogP contribution in [-0.4, -0.2) is 47.1 Å². The molecule has 0 aliphatic rings. The van der Waals surface area contributed by atoms with Gasteiger partial charge in [-0.25, -0.2) is 0 Å². The summed E-state index contributed by atoms with van der Waals surface area (Å²) in [5.41, 5.74) is 2.72. The van der Waals surface area contributed by atoms with Crippen molar-refractivity contribution < 1.29 is 4.74 Å². The summed E-state index contributed by atoms with van der Waals surface area (Å²) < 4.78 is 5.73. The molecule has 0 aliphatic carbocycles. The Morgan fingerprint density at radius 3 is 2.18 bits per heavy atom. The van der Waals surface area contributed by atoms with Gasteiger partial charge in [0.15, 0.2) is 0 Å². The van der Waals surface area contributed by atoms with Gasteiger partial charge in [-0.05, 0) is 56.9 Å². The van der Waals surface area contributed by atoms with E-state index in [9.17, 15) is 0 Å². The van der Waals surface area contributed by atoms with Crippen LogP contribution in [0.4, 0.5) is 0 Å². The molecule has 0 atom stereocenters. The second-order valence-electron chi connectivity index (χ2n) is 5.48. The lowest BCUT2D eigenvalue weighted by atomic mass is 10.3. The van der Waals surface area contributed by atoms with Crippen molar-refractivity contribution >= 4 is 11.0 Å². The van der Waals surface area contributed by atoms with Crippen molar-refractivity contribution in [2.45, 2.75) is 6.42 Å². The minimum Gasteiger partial charge on any atom is -0.494 e. The van der Waals surface area contributed by atoms with Crippen LogP contribution in [0.5, 0.6) is 5.75 Å². The molecule has 0 saturated heterocycles. The minimum atomic E-state index is 0.724. The number of fused-ring (bicyclic) bond motifs is 1. The van der Waals surface area contributed by atoms with Gasteiger partial charge in [-0.15, -0.1) is 10.2 Å². The lowest BCUT2D eigenvalue weighted by Gasteiger charge is -2.10. The van der Waals surface area contributed by atoms with Gasteiger partial charge in [0, 0.05) is 6.54 Å². The second kappa shape index (κ2) is 6.58. The Bertz CT molecular complexity index is 701. The third-order valence-electron chi connectivity index (χ3n) is 3.37. The van der Waals surface area contributed by atoms with E-state index in [0.717, 1.165) is 42.0 Å². The maximum Gasteiger partial charge on any atom is 0.119 e. The zero-order valence-electron chi connectivity index (χ0n) is 12.9. The van der Waals surface area contributed by atoms with Crippen molar-refractivity contribution in [3.8, 4) is 11.4 Å². The molecule has 0 aliphatic heterocycles. The highest BCUT2D eigenvalue weighted by Crippen LogP contribution is 2.16. The Balaban J connectivity index is 1.66. The van der Waals surface area contributed by atoms with E-state index in [-0.39, 0.29) is 0 Å². The first kappa shape index (κ1) is 14.5. The van der Waals surface area contributed by atoms with E-state index in [1.54, 1.807) is 4.80 Å². The number of benzene rings is 2. The molecular weight excluding hydrogens is 276 g/mol. The smallest absolute Gasteiger partial charge is 0.119 e. The summed E-state index contributed by atoms with van der Waals surface area (Å²) in [5, 5.41) is 8.93. The first-order chi connectivity index (χ1) is 10.7. The fraction of sp³-hybridized carbons (Fsp3) is 0.294. The van der Waals surface area contributed by atoms with E-state index in [2.05, 4.69) is 29.2 Å². The van der Waals surface area contributed by atoms with Gasteiger partial charge in [0.2, 0.25) is 0 Å². The highest BCUT2D eigenvalue weighted by atomic mass is 16.5. The normalized spacial score (nSPS) is 11.2. The zero-order chi connectivity index (χ0) is 15.4. The molecule has 2 aromatic carbocycles. The van der Waals surface area contributed by atoms with Crippen molar-refractivity contribution in [1.29, 1.82) is 0 Å². The number of rotatable bonds is 6. The summed E-state index contributed by atoms with van der Waals surface area (Å²) >= 11 is 0. The number of ether oxygens (including phenoxy) is 1. The SMILES string of the molecule is CN(C)CCCOc1ccc(-n2nc3ccccc3n2)cc1. The lowest BCUT2D eigenvalue weighted by Crippen LogP contribution is -2.15. The van der Waals surface area contributed by atoms with Gasteiger partial charge in [0.05, 0.1) is 12.3 Å². The van der Waals surface area contributed by atoms with Crippen LogP contribution in [0, 0.1) is 0 Å². The number of hydrogen-bond acceptors (Lipinski definition) is 4. The molecule has 5 heteroatoms. The quantitative estimate of drug-likeness (QED) is 0.656. The van der Waals surface area contributed by atoms with E-state index >= 15 is 0 Å². The van der Waals surface area contributed by atoms with Gasteiger partial charge in [-0.2, -0.15) is 4.80 Å². The highest BCUT2D eigenvalue weighted by Gasteiger charge is 2.04. The molecule has 0 fully saturated rings. The minimum absolute atomic E-state index is 0.724. The maximum absolute atomic E-state index is 5.73. The first-order valence-electron chi connectivity index (χ1n) is 7.42. The summed E-state index contributed by atoms with van der Waals surface area (Å²) in [6.07, 6.45) is 1.01. The third kappa shape index (κ3) is 3.43. The molecule has 3 rings (SSSR count). The van der Waals surface area contributed by atoms with Crippen molar-refractivity contribution in [3.05, 3.63) is 48.5 Å². The van der Waals surface area contributed by atoms with Crippen LogP contribution in [0.3, 0.4) is 0 Å². The van der Waals surface area contributed by atoms with E-state index in [0.29, 0.717) is 0 Å². The Morgan fingerprint density at radius 2 is 1.59 bits per heavy atom. The molecule has 0 spiro atoms. The Kier molecular flexibility index (Phi) is 4.34. The largest absolute Gasteiger partial charge is 0.494 e. The Morgan fingerprint density at radius 1 is 0.955 bits per heavy atom. The Hall–Kier alpha value is -2.40. The van der Waals surface area contributed by atoms with E-state index < -0.39 is 0 Å². The molecule has 3 aromatic rings. The third-order valence-corrected chi connectivity index (χ3v) is 3.37. The molecule has 0 unspecified atom stereocenters. The van der Waals surface area contributed by atoms with Crippen LogP contribution in [0.25, 0.3) is 16.7 Å². The first-order valence-corrected chi connectivity index (χ1v) is 7.42. The summed E-state index contributed by atoms with van der Waals surface area (Å²) in [5.74, 6) is 0.874. The van der Waals surface area contributed by atoms with Crippen molar-refractivity contribution in [2.75, 3.05) is 27.2 Å². The molecule has 114 valence electrons. The molecular formula is C17H20N4O. The van der Waals surface area contributed by atoms with E-state index in [4.69, 9.17) is 4.74 Å². The van der Waals surface area contributed by atoms with E-state index in [1.165, 1.54) is 0 Å². The summed E-state index contributed by atoms with van der Waals surface area (Å²) in [4.78, 5) is 3.81. The second-order valence-corrected chi connectivity index (χ2v) is 5.48. The summed E-state index contributed by atoms with van der Waals surface area (Å²) in [6.45, 7) is 1.75. The Labute approximate surface area is 130 Å². The summed E-state index contributed by atoms with van der Waals surface area (Å²) in [7, 11) is 4.13. The molecule has 5 nitrogen and oxygen atoms in total. The van der Waals surface area contributed by atoms with Gasteiger partial charge in [0.1, 0.15) is 16.8 Å². The lowest BCUT2D eigenvalue weighted by molar-refractivity contribution is 0.281. The van der Waals surface area contributed by atoms with Gasteiger partial charge in [0.25, 0.3) is 0 Å². The fourth-order valence-corrected chi connectivity index (χ4v) is 2.22. The van der Waals surface area contributed by atoms with Crippen molar-refractivity contribution in [3.63, 3.8) is 0 Å². The molecule has 0 N–H and O–H groups in total. The van der Waals surface area contributed by atoms with Crippen molar-refractivity contribution in [2.24, 2.45) is 0 Å². The van der Waals surface area contributed by atoms with Crippen LogP contribution >= 0.6 is 0 Å². The van der Waals surface area contributed by atoms with Crippen LogP contribution in [-0.2, 0) is 0 Å². The molecule has 0 saturated carbocycles. The molecule has 0 radical (unpaired) electrons. The average molecular weight is 296 g/mol. The van der Waals surface area contributed by atoms with Crippen LogP contribution in [0.2, 0.25) is 0 Å². The van der Waals surface area contributed by atoms with E-state index in [1.807, 2.05) is 48.5 Å². The standard InChI is InChI=1S/C17H20N4O/c1-20(2)12-5-13-22-15-10-8-14(9-11-15)21-18-16-6-3-4-7-17(16)19-21/h3-4,6-11H,5,12-13H2,1-2H3. The van der Waals surface area contributed by atoms with Gasteiger partial charge in [-0.1, -0.05) is 12.1 Å². The molecule has 1 heterocycles. The molecule has 0 bridgehead atoms. The number of hydrogen-bond donors (Lipinski definition) is 0. The number of aromatic nitrogens is 3. The van der Waals surface area contributed by atoms with Gasteiger partial charge >= 0.3 is 0 Å². The topological polar surface area (TPSA) is 43.2 Å². The van der Waals surface area contributed by atoms with Crippen LogP contribution in [0.15, 0.2) is 48.5 Å². The molecule has 22 heavy (non-hydrogen) atoms. The maximum atomic E-state index is 5.73. The van der Waals surface area contributed by atoms with Crippen LogP contribution in [0.1, 0.15) is 6.42 Å². The van der Waals surface area contributed by atoms with Crippen LogP contribution < -0.4 is 4.74 Å². The summed E-state index contributed by atoms with van der Waals surface area (Å²) in [6, 6.07) is 15.7. The fourth-order valence-electron chi connectivity index (χ4n) is 2.22. The predicted octanol–water partition coefficient (Wildman–Crippen LogP) is 2.75. The molecule has 1 aromatic heterocycles. The predicted molar refractivity (Wildman–Crippen MR) is 87.5 cm³/mol.